The van der Waals surface area contributed by atoms with Crippen LogP contribution in [0.25, 0.3) is 11.4 Å². The van der Waals surface area contributed by atoms with Crippen molar-refractivity contribution in [3.8, 4) is 11.4 Å². The quantitative estimate of drug-likeness (QED) is 0.676. The number of carbonyl (C=O) groups is 1. The Balaban J connectivity index is 1.77. The number of rotatable bonds is 4. The minimum atomic E-state index is -0.251. The summed E-state index contributed by atoms with van der Waals surface area (Å²) in [6, 6.07) is 7.32. The number of carbonyl (C=O) groups excluding carboxylic acids is 1. The minimum Gasteiger partial charge on any atom is -0.342 e. The van der Waals surface area contributed by atoms with E-state index in [-0.39, 0.29) is 11.2 Å². The van der Waals surface area contributed by atoms with Crippen molar-refractivity contribution in [3.05, 3.63) is 29.3 Å². The molecule has 1 saturated heterocycles. The van der Waals surface area contributed by atoms with E-state index in [9.17, 15) is 4.79 Å². The van der Waals surface area contributed by atoms with Crippen LogP contribution in [0.1, 0.15) is 19.8 Å². The maximum absolute atomic E-state index is 12.4. The van der Waals surface area contributed by atoms with Crippen LogP contribution < -0.4 is 5.84 Å². The van der Waals surface area contributed by atoms with E-state index in [0.717, 1.165) is 31.5 Å². The number of hydrogen-bond donors (Lipinski definition) is 1. The van der Waals surface area contributed by atoms with Gasteiger partial charge in [-0.1, -0.05) is 35.5 Å². The largest absolute Gasteiger partial charge is 0.342 e. The number of halogens is 1. The molecule has 1 atom stereocenters. The predicted molar refractivity (Wildman–Crippen MR) is 91.8 cm³/mol. The van der Waals surface area contributed by atoms with Crippen molar-refractivity contribution in [2.75, 3.05) is 18.9 Å². The van der Waals surface area contributed by atoms with Crippen LogP contribution in [-0.2, 0) is 4.79 Å². The number of thioether (sulfide) groups is 1. The van der Waals surface area contributed by atoms with Crippen molar-refractivity contribution in [2.45, 2.75) is 30.2 Å². The van der Waals surface area contributed by atoms with E-state index in [0.29, 0.717) is 16.0 Å². The number of likely N-dealkylation sites (tertiary alicyclic amines) is 1. The van der Waals surface area contributed by atoms with Gasteiger partial charge in [-0.2, -0.15) is 0 Å². The highest BCUT2D eigenvalue weighted by Crippen LogP contribution is 2.29. The van der Waals surface area contributed by atoms with Gasteiger partial charge in [-0.05, 0) is 31.9 Å². The molecular formula is C15H18ClN5OS. The maximum atomic E-state index is 12.4. The Labute approximate surface area is 144 Å². The van der Waals surface area contributed by atoms with Crippen molar-refractivity contribution < 1.29 is 4.79 Å². The van der Waals surface area contributed by atoms with Gasteiger partial charge in [0.05, 0.1) is 10.3 Å². The third-order valence-corrected chi connectivity index (χ3v) is 5.20. The first-order valence-electron chi connectivity index (χ1n) is 7.48. The lowest BCUT2D eigenvalue weighted by Crippen LogP contribution is -2.34. The molecule has 0 radical (unpaired) electrons. The highest BCUT2D eigenvalue weighted by molar-refractivity contribution is 8.00. The second-order valence-corrected chi connectivity index (χ2v) is 7.16. The van der Waals surface area contributed by atoms with Gasteiger partial charge in [-0.15, -0.1) is 10.2 Å². The number of benzene rings is 1. The van der Waals surface area contributed by atoms with E-state index in [1.807, 2.05) is 30.0 Å². The Morgan fingerprint density at radius 3 is 2.70 bits per heavy atom. The fraction of sp³-hybridized carbons (Fsp3) is 0.400. The molecule has 2 aromatic rings. The molecule has 6 nitrogen and oxygen atoms in total. The lowest BCUT2D eigenvalue weighted by atomic mass is 10.2. The lowest BCUT2D eigenvalue weighted by molar-refractivity contribution is -0.129. The minimum absolute atomic E-state index is 0.120. The van der Waals surface area contributed by atoms with Crippen LogP contribution in [0.2, 0.25) is 5.02 Å². The molecule has 23 heavy (non-hydrogen) atoms. The molecule has 1 aromatic carbocycles. The van der Waals surface area contributed by atoms with E-state index in [1.165, 1.54) is 16.4 Å². The van der Waals surface area contributed by atoms with Gasteiger partial charge in [0.25, 0.3) is 0 Å². The molecule has 2 heterocycles. The number of nitrogens with zero attached hydrogens (tertiary/aromatic N) is 4. The first-order valence-corrected chi connectivity index (χ1v) is 8.74. The van der Waals surface area contributed by atoms with Crippen molar-refractivity contribution in [1.29, 1.82) is 0 Å². The molecule has 0 spiro atoms. The van der Waals surface area contributed by atoms with E-state index in [1.54, 1.807) is 6.07 Å². The summed E-state index contributed by atoms with van der Waals surface area (Å²) in [7, 11) is 0. The molecule has 1 fully saturated rings. The van der Waals surface area contributed by atoms with Crippen molar-refractivity contribution >= 4 is 29.3 Å². The molecule has 0 aliphatic carbocycles. The summed E-state index contributed by atoms with van der Waals surface area (Å²) in [5.74, 6) is 6.70. The summed E-state index contributed by atoms with van der Waals surface area (Å²) < 4.78 is 1.39. The highest BCUT2D eigenvalue weighted by Gasteiger charge is 2.26. The molecule has 122 valence electrons. The monoisotopic (exact) mass is 351 g/mol. The summed E-state index contributed by atoms with van der Waals surface area (Å²) in [5.41, 5.74) is 0.717. The number of nitrogens with two attached hydrogens (primary N) is 1. The Morgan fingerprint density at radius 1 is 1.30 bits per heavy atom. The van der Waals surface area contributed by atoms with Crippen LogP contribution in [0.4, 0.5) is 0 Å². The maximum Gasteiger partial charge on any atom is 0.235 e. The van der Waals surface area contributed by atoms with Crippen LogP contribution in [0, 0.1) is 0 Å². The summed E-state index contributed by atoms with van der Waals surface area (Å²) in [6.07, 6.45) is 2.15. The first kappa shape index (κ1) is 16.1. The molecule has 0 unspecified atom stereocenters. The van der Waals surface area contributed by atoms with Gasteiger partial charge in [0, 0.05) is 18.7 Å². The van der Waals surface area contributed by atoms with Gasteiger partial charge in [0.2, 0.25) is 11.1 Å². The van der Waals surface area contributed by atoms with Crippen LogP contribution in [0.3, 0.4) is 0 Å². The fourth-order valence-electron chi connectivity index (χ4n) is 2.59. The van der Waals surface area contributed by atoms with Gasteiger partial charge in [0.1, 0.15) is 0 Å². The molecule has 0 bridgehead atoms. The Kier molecular flexibility index (Phi) is 4.77. The van der Waals surface area contributed by atoms with Gasteiger partial charge in [-0.25, -0.2) is 4.68 Å². The second kappa shape index (κ2) is 6.80. The molecule has 8 heteroatoms. The third kappa shape index (κ3) is 3.30. The number of amides is 1. The standard InChI is InChI=1S/C15H18ClN5OS/c1-10(14(22)20-8-4-5-9-20)23-15-19-18-13(21(15)17)11-6-2-3-7-12(11)16/h2-3,6-7,10H,4-5,8-9,17H2,1H3/t10-/m0/s1. The average molecular weight is 352 g/mol. The molecule has 1 aliphatic heterocycles. The average Bonchev–Trinajstić information content (AvgIpc) is 3.19. The van der Waals surface area contributed by atoms with E-state index in [2.05, 4.69) is 10.2 Å². The molecule has 2 N–H and O–H groups in total. The molecule has 1 aromatic heterocycles. The number of hydrogen-bond acceptors (Lipinski definition) is 5. The van der Waals surface area contributed by atoms with Crippen LogP contribution in [0.15, 0.2) is 29.4 Å². The molecule has 0 saturated carbocycles. The summed E-state index contributed by atoms with van der Waals surface area (Å²) in [4.78, 5) is 14.3. The molecule has 1 amide bonds. The molecular weight excluding hydrogens is 334 g/mol. The smallest absolute Gasteiger partial charge is 0.235 e. The topological polar surface area (TPSA) is 77.0 Å². The normalized spacial score (nSPS) is 15.8. The van der Waals surface area contributed by atoms with Crippen molar-refractivity contribution in [3.63, 3.8) is 0 Å². The molecule has 1 aliphatic rings. The van der Waals surface area contributed by atoms with Crippen molar-refractivity contribution in [1.82, 2.24) is 19.8 Å². The van der Waals surface area contributed by atoms with Crippen molar-refractivity contribution in [2.24, 2.45) is 0 Å². The Hall–Kier alpha value is -1.73. The van der Waals surface area contributed by atoms with Crippen LogP contribution in [0.5, 0.6) is 0 Å². The summed E-state index contributed by atoms with van der Waals surface area (Å²) >= 11 is 7.49. The van der Waals surface area contributed by atoms with E-state index < -0.39 is 0 Å². The Morgan fingerprint density at radius 2 is 2.00 bits per heavy atom. The zero-order valence-electron chi connectivity index (χ0n) is 12.8. The predicted octanol–water partition coefficient (Wildman–Crippen LogP) is 2.42. The third-order valence-electron chi connectivity index (χ3n) is 3.83. The van der Waals surface area contributed by atoms with E-state index in [4.69, 9.17) is 17.4 Å². The summed E-state index contributed by atoms with van der Waals surface area (Å²) in [5, 5.41) is 9.03. The summed E-state index contributed by atoms with van der Waals surface area (Å²) in [6.45, 7) is 3.54. The van der Waals surface area contributed by atoms with Gasteiger partial charge < -0.3 is 10.7 Å². The van der Waals surface area contributed by atoms with Gasteiger partial charge >= 0.3 is 0 Å². The fourth-order valence-corrected chi connectivity index (χ4v) is 3.66. The first-order chi connectivity index (χ1) is 11.1. The lowest BCUT2D eigenvalue weighted by Gasteiger charge is -2.19. The molecule has 3 rings (SSSR count). The second-order valence-electron chi connectivity index (χ2n) is 5.45. The zero-order chi connectivity index (χ0) is 16.4. The number of aromatic nitrogens is 3. The SMILES string of the molecule is C[C@H](Sc1nnc(-c2ccccc2Cl)n1N)C(=O)N1CCCC1. The van der Waals surface area contributed by atoms with Gasteiger partial charge in [0.15, 0.2) is 5.82 Å². The Bertz CT molecular complexity index is 714. The van der Waals surface area contributed by atoms with E-state index >= 15 is 0 Å². The van der Waals surface area contributed by atoms with Crippen LogP contribution in [-0.4, -0.2) is 44.0 Å². The van der Waals surface area contributed by atoms with Gasteiger partial charge in [-0.3, -0.25) is 4.79 Å². The number of nitrogen functional groups attached to an aromatic ring is 1. The zero-order valence-corrected chi connectivity index (χ0v) is 14.3. The highest BCUT2D eigenvalue weighted by atomic mass is 35.5. The van der Waals surface area contributed by atoms with Crippen LogP contribution >= 0.6 is 23.4 Å².